The first-order valence-electron chi connectivity index (χ1n) is 8.21. The molecule has 0 aliphatic rings. The molecule has 0 radical (unpaired) electrons. The Morgan fingerprint density at radius 1 is 1.05 bits per heavy atom. The van der Waals surface area contributed by atoms with Crippen LogP contribution >= 0.6 is 0 Å². The maximum Gasteiger partial charge on any atom is 0.159 e. The van der Waals surface area contributed by atoms with Crippen molar-refractivity contribution in [3.8, 4) is 0 Å². The molecule has 1 atom stereocenters. The van der Waals surface area contributed by atoms with Crippen LogP contribution in [0.2, 0.25) is 0 Å². The van der Waals surface area contributed by atoms with Gasteiger partial charge in [0.2, 0.25) is 0 Å². The van der Waals surface area contributed by atoms with E-state index in [1.54, 1.807) is 6.07 Å². The van der Waals surface area contributed by atoms with Crippen molar-refractivity contribution in [1.29, 1.82) is 0 Å². The van der Waals surface area contributed by atoms with Crippen LogP contribution in [0.1, 0.15) is 58.4 Å². The fraction of sp³-hybridized carbons (Fsp3) is 0.667. The summed E-state index contributed by atoms with van der Waals surface area (Å²) in [5.41, 5.74) is 1.03. The molecule has 1 N–H and O–H groups in total. The number of hydrogen-bond donors (Lipinski definition) is 1. The van der Waals surface area contributed by atoms with Gasteiger partial charge in [-0.25, -0.2) is 8.78 Å². The van der Waals surface area contributed by atoms with E-state index in [2.05, 4.69) is 26.1 Å². The van der Waals surface area contributed by atoms with Gasteiger partial charge >= 0.3 is 0 Å². The van der Waals surface area contributed by atoms with Gasteiger partial charge in [-0.05, 0) is 55.3 Å². The Hall–Kier alpha value is -0.960. The van der Waals surface area contributed by atoms with E-state index in [0.717, 1.165) is 50.8 Å². The van der Waals surface area contributed by atoms with Crippen LogP contribution in [0.4, 0.5) is 8.78 Å². The Morgan fingerprint density at radius 3 is 2.38 bits per heavy atom. The zero-order valence-electron chi connectivity index (χ0n) is 13.6. The molecular weight excluding hydrogens is 268 g/mol. The molecular formula is C18H29F2N. The van der Waals surface area contributed by atoms with Crippen LogP contribution in [0.3, 0.4) is 0 Å². The number of halogens is 2. The first kappa shape index (κ1) is 18.1. The second kappa shape index (κ2) is 9.14. The molecule has 0 aromatic heterocycles. The molecule has 0 saturated heterocycles. The quantitative estimate of drug-likeness (QED) is 0.593. The molecule has 1 aromatic rings. The van der Waals surface area contributed by atoms with Gasteiger partial charge in [0.05, 0.1) is 0 Å². The first-order chi connectivity index (χ1) is 10.1. The molecule has 1 unspecified atom stereocenters. The Balaban J connectivity index is 2.84. The Kier molecular flexibility index (Phi) is 7.87. The van der Waals surface area contributed by atoms with E-state index < -0.39 is 11.6 Å². The average molecular weight is 297 g/mol. The van der Waals surface area contributed by atoms with E-state index in [9.17, 15) is 8.78 Å². The van der Waals surface area contributed by atoms with Crippen LogP contribution in [-0.4, -0.2) is 13.1 Å². The van der Waals surface area contributed by atoms with Gasteiger partial charge in [-0.15, -0.1) is 0 Å². The van der Waals surface area contributed by atoms with Crippen molar-refractivity contribution < 1.29 is 8.78 Å². The highest BCUT2D eigenvalue weighted by molar-refractivity contribution is 5.19. The fourth-order valence-electron chi connectivity index (χ4n) is 2.83. The summed E-state index contributed by atoms with van der Waals surface area (Å²) in [6.07, 6.45) is 6.41. The van der Waals surface area contributed by atoms with Gasteiger partial charge in [-0.1, -0.05) is 39.7 Å². The van der Waals surface area contributed by atoms with Crippen LogP contribution in [0, 0.1) is 17.0 Å². The number of rotatable bonds is 10. The van der Waals surface area contributed by atoms with Crippen molar-refractivity contribution in [2.75, 3.05) is 13.1 Å². The first-order valence-corrected chi connectivity index (χ1v) is 8.21. The zero-order chi connectivity index (χ0) is 15.7. The van der Waals surface area contributed by atoms with Crippen LogP contribution in [0.5, 0.6) is 0 Å². The number of unbranched alkanes of at least 4 members (excludes halogenated alkanes) is 1. The van der Waals surface area contributed by atoms with Gasteiger partial charge in [0.1, 0.15) is 0 Å². The van der Waals surface area contributed by atoms with Crippen LogP contribution in [0.15, 0.2) is 18.2 Å². The minimum atomic E-state index is -0.765. The highest BCUT2D eigenvalue weighted by Crippen LogP contribution is 2.33. The minimum absolute atomic E-state index is 0.134. The Morgan fingerprint density at radius 2 is 1.81 bits per heavy atom. The van der Waals surface area contributed by atoms with Gasteiger partial charge in [-0.2, -0.15) is 0 Å². The molecule has 21 heavy (non-hydrogen) atoms. The molecule has 120 valence electrons. The highest BCUT2D eigenvalue weighted by atomic mass is 19.2. The maximum absolute atomic E-state index is 13.4. The van der Waals surface area contributed by atoms with Crippen molar-refractivity contribution in [2.24, 2.45) is 5.41 Å². The summed E-state index contributed by atoms with van der Waals surface area (Å²) < 4.78 is 26.5. The third kappa shape index (κ3) is 5.74. The van der Waals surface area contributed by atoms with E-state index >= 15 is 0 Å². The van der Waals surface area contributed by atoms with Crippen molar-refractivity contribution in [3.63, 3.8) is 0 Å². The fourth-order valence-corrected chi connectivity index (χ4v) is 2.83. The van der Waals surface area contributed by atoms with Crippen molar-refractivity contribution >= 4 is 0 Å². The SMILES string of the molecule is CCCCC(CC)(CNCCC)Cc1ccc(F)c(F)c1. The lowest BCUT2D eigenvalue weighted by Gasteiger charge is -2.34. The Bertz CT molecular complexity index is 420. The second-order valence-corrected chi connectivity index (χ2v) is 6.06. The van der Waals surface area contributed by atoms with Gasteiger partial charge in [0, 0.05) is 6.54 Å². The number of benzene rings is 1. The lowest BCUT2D eigenvalue weighted by atomic mass is 9.75. The molecule has 0 bridgehead atoms. The molecule has 1 rings (SSSR count). The second-order valence-electron chi connectivity index (χ2n) is 6.06. The Labute approximate surface area is 128 Å². The number of nitrogens with one attached hydrogen (secondary N) is 1. The average Bonchev–Trinajstić information content (AvgIpc) is 2.48. The lowest BCUT2D eigenvalue weighted by Crippen LogP contribution is -2.36. The molecule has 0 spiro atoms. The predicted molar refractivity (Wildman–Crippen MR) is 85.5 cm³/mol. The normalized spacial score (nSPS) is 14.1. The van der Waals surface area contributed by atoms with E-state index in [1.807, 2.05) is 0 Å². The summed E-state index contributed by atoms with van der Waals surface area (Å²) in [6, 6.07) is 4.31. The van der Waals surface area contributed by atoms with Gasteiger partial charge in [0.15, 0.2) is 11.6 Å². The maximum atomic E-state index is 13.4. The van der Waals surface area contributed by atoms with E-state index in [4.69, 9.17) is 0 Å². The molecule has 0 heterocycles. The molecule has 1 nitrogen and oxygen atoms in total. The molecule has 0 aliphatic carbocycles. The van der Waals surface area contributed by atoms with E-state index in [1.165, 1.54) is 18.6 Å². The minimum Gasteiger partial charge on any atom is -0.316 e. The predicted octanol–water partition coefficient (Wildman–Crippen LogP) is 5.09. The summed E-state index contributed by atoms with van der Waals surface area (Å²) in [5.74, 6) is -1.51. The lowest BCUT2D eigenvalue weighted by molar-refractivity contribution is 0.229. The van der Waals surface area contributed by atoms with Crippen LogP contribution < -0.4 is 5.32 Å². The topological polar surface area (TPSA) is 12.0 Å². The van der Waals surface area contributed by atoms with Crippen LogP contribution in [-0.2, 0) is 6.42 Å². The molecule has 0 fully saturated rings. The third-order valence-corrected chi connectivity index (χ3v) is 4.30. The van der Waals surface area contributed by atoms with Gasteiger partial charge in [0.25, 0.3) is 0 Å². The van der Waals surface area contributed by atoms with Crippen molar-refractivity contribution in [3.05, 3.63) is 35.4 Å². The smallest absolute Gasteiger partial charge is 0.159 e. The van der Waals surface area contributed by atoms with Crippen molar-refractivity contribution in [2.45, 2.75) is 59.3 Å². The summed E-state index contributed by atoms with van der Waals surface area (Å²) in [4.78, 5) is 0. The molecule has 3 heteroatoms. The van der Waals surface area contributed by atoms with Gasteiger partial charge < -0.3 is 5.32 Å². The van der Waals surface area contributed by atoms with Gasteiger partial charge in [-0.3, -0.25) is 0 Å². The van der Waals surface area contributed by atoms with Crippen LogP contribution in [0.25, 0.3) is 0 Å². The largest absolute Gasteiger partial charge is 0.316 e. The van der Waals surface area contributed by atoms with Crippen molar-refractivity contribution in [1.82, 2.24) is 5.32 Å². The van der Waals surface area contributed by atoms with E-state index in [0.29, 0.717) is 0 Å². The molecule has 0 amide bonds. The summed E-state index contributed by atoms with van der Waals surface area (Å²) in [6.45, 7) is 8.49. The monoisotopic (exact) mass is 297 g/mol. The zero-order valence-corrected chi connectivity index (χ0v) is 13.6. The molecule has 0 aliphatic heterocycles. The summed E-state index contributed by atoms with van der Waals surface area (Å²) >= 11 is 0. The van der Waals surface area contributed by atoms with E-state index in [-0.39, 0.29) is 5.41 Å². The highest BCUT2D eigenvalue weighted by Gasteiger charge is 2.27. The summed E-state index contributed by atoms with van der Waals surface area (Å²) in [5, 5.41) is 3.51. The third-order valence-electron chi connectivity index (χ3n) is 4.30. The molecule has 1 aromatic carbocycles. The summed E-state index contributed by atoms with van der Waals surface area (Å²) in [7, 11) is 0. The standard InChI is InChI=1S/C18H29F2N/c1-4-7-10-18(6-3,14-21-11-5-2)13-15-8-9-16(19)17(20)12-15/h8-9,12,21H,4-7,10-11,13-14H2,1-3H3. The molecule has 0 saturated carbocycles. The number of hydrogen-bond acceptors (Lipinski definition) is 1.